The summed E-state index contributed by atoms with van der Waals surface area (Å²) in [5.41, 5.74) is 11.0. The maximum absolute atomic E-state index is 12.7. The summed E-state index contributed by atoms with van der Waals surface area (Å²) in [6.45, 7) is 4.85. The van der Waals surface area contributed by atoms with E-state index in [1.54, 1.807) is 13.2 Å². The minimum absolute atomic E-state index is 0.124. The number of aliphatic carboxylic acids is 1. The van der Waals surface area contributed by atoms with Gasteiger partial charge >= 0.3 is 5.97 Å². The molecular weight excluding hydrogens is 442 g/mol. The zero-order valence-electron chi connectivity index (χ0n) is 18.8. The topological polar surface area (TPSA) is 214 Å². The minimum atomic E-state index is -1.50. The molecule has 0 rings (SSSR count). The van der Waals surface area contributed by atoms with Gasteiger partial charge in [-0.15, -0.1) is 0 Å². The molecule has 184 valence electrons. The molecule has 0 aromatic carbocycles. The quantitative estimate of drug-likeness (QED) is 0.137. The highest BCUT2D eigenvalue weighted by molar-refractivity contribution is 7.98. The molecule has 32 heavy (non-hydrogen) atoms. The first kappa shape index (κ1) is 29.6. The molecule has 0 spiro atoms. The number of amides is 4. The van der Waals surface area contributed by atoms with Crippen molar-refractivity contribution in [1.82, 2.24) is 16.0 Å². The zero-order valence-corrected chi connectivity index (χ0v) is 19.6. The predicted octanol–water partition coefficient (Wildman–Crippen LogP) is -2.09. The zero-order chi connectivity index (χ0) is 25.0. The highest BCUT2D eigenvalue weighted by Gasteiger charge is 2.33. The largest absolute Gasteiger partial charge is 0.480 e. The Balaban J connectivity index is 5.44. The first-order valence-corrected chi connectivity index (χ1v) is 11.6. The maximum Gasteiger partial charge on any atom is 0.326 e. The Hall–Kier alpha value is -2.38. The maximum atomic E-state index is 12.7. The Bertz CT molecular complexity index is 676. The summed E-state index contributed by atoms with van der Waals surface area (Å²) in [7, 11) is 0. The molecular formula is C19H35N5O7S. The van der Waals surface area contributed by atoms with Crippen molar-refractivity contribution in [3.63, 3.8) is 0 Å². The Morgan fingerprint density at radius 2 is 1.53 bits per heavy atom. The third-order valence-corrected chi connectivity index (χ3v) is 5.53. The van der Waals surface area contributed by atoms with Crippen molar-refractivity contribution in [3.05, 3.63) is 0 Å². The third kappa shape index (κ3) is 10.3. The predicted molar refractivity (Wildman–Crippen MR) is 119 cm³/mol. The van der Waals surface area contributed by atoms with Crippen LogP contribution in [0.25, 0.3) is 0 Å². The van der Waals surface area contributed by atoms with Crippen LogP contribution in [0.3, 0.4) is 0 Å². The fraction of sp³-hybridized carbons (Fsp3) is 0.737. The van der Waals surface area contributed by atoms with E-state index in [1.807, 2.05) is 6.92 Å². The number of carboxylic acid groups (broad SMARTS) is 1. The van der Waals surface area contributed by atoms with Crippen LogP contribution in [0.2, 0.25) is 0 Å². The standard InChI is InChI=1S/C19H35N5O7S/c1-5-9(2)14(21)17(28)24-15(10(3)25)18(29)23-12(8-13(20)26)16(27)22-11(19(30)31)6-7-32-4/h9-12,14-15,25H,5-8,21H2,1-4H3,(H2,20,26)(H,22,27)(H,23,29)(H,24,28)(H,30,31). The number of aliphatic hydroxyl groups excluding tert-OH is 1. The minimum Gasteiger partial charge on any atom is -0.480 e. The lowest BCUT2D eigenvalue weighted by Crippen LogP contribution is -2.60. The van der Waals surface area contributed by atoms with Crippen LogP contribution in [0.1, 0.15) is 40.0 Å². The normalized spacial score (nSPS) is 16.6. The number of rotatable bonds is 15. The van der Waals surface area contributed by atoms with Crippen LogP contribution >= 0.6 is 11.8 Å². The van der Waals surface area contributed by atoms with Gasteiger partial charge in [0.15, 0.2) is 0 Å². The van der Waals surface area contributed by atoms with Crippen molar-refractivity contribution in [2.75, 3.05) is 12.0 Å². The number of thioether (sulfide) groups is 1. The number of nitrogens with two attached hydrogens (primary N) is 2. The van der Waals surface area contributed by atoms with Crippen molar-refractivity contribution in [3.8, 4) is 0 Å². The van der Waals surface area contributed by atoms with Crippen LogP contribution in [0, 0.1) is 5.92 Å². The number of hydrogen-bond acceptors (Lipinski definition) is 8. The van der Waals surface area contributed by atoms with E-state index >= 15 is 0 Å². The monoisotopic (exact) mass is 477 g/mol. The van der Waals surface area contributed by atoms with Crippen LogP contribution in [0.15, 0.2) is 0 Å². The first-order chi connectivity index (χ1) is 14.8. The molecule has 0 radical (unpaired) electrons. The SMILES string of the molecule is CCC(C)C(N)C(=O)NC(C(=O)NC(CC(N)=O)C(=O)NC(CCSC)C(=O)O)C(C)O. The lowest BCUT2D eigenvalue weighted by molar-refractivity contribution is -0.142. The average Bonchev–Trinajstić information content (AvgIpc) is 2.71. The van der Waals surface area contributed by atoms with Crippen LogP contribution < -0.4 is 27.4 Å². The van der Waals surface area contributed by atoms with E-state index in [-0.39, 0.29) is 12.3 Å². The molecule has 0 aromatic rings. The second-order valence-electron chi connectivity index (χ2n) is 7.55. The van der Waals surface area contributed by atoms with Gasteiger partial charge < -0.3 is 37.6 Å². The van der Waals surface area contributed by atoms with Crippen molar-refractivity contribution in [1.29, 1.82) is 0 Å². The Kier molecular flexibility index (Phi) is 13.5. The van der Waals surface area contributed by atoms with E-state index < -0.39 is 66.3 Å². The number of aliphatic hydroxyl groups is 1. The molecule has 13 heteroatoms. The lowest BCUT2D eigenvalue weighted by atomic mass is 9.98. The van der Waals surface area contributed by atoms with E-state index in [0.29, 0.717) is 12.2 Å². The molecule has 0 fully saturated rings. The summed E-state index contributed by atoms with van der Waals surface area (Å²) in [5, 5.41) is 26.1. The number of primary amides is 1. The van der Waals surface area contributed by atoms with Gasteiger partial charge in [-0.25, -0.2) is 4.79 Å². The molecule has 6 atom stereocenters. The van der Waals surface area contributed by atoms with Gasteiger partial charge in [-0.3, -0.25) is 19.2 Å². The third-order valence-electron chi connectivity index (χ3n) is 4.89. The van der Waals surface area contributed by atoms with Crippen molar-refractivity contribution < 1.29 is 34.2 Å². The molecule has 0 aliphatic rings. The molecule has 0 saturated carbocycles. The van der Waals surface area contributed by atoms with Gasteiger partial charge in [-0.2, -0.15) is 11.8 Å². The number of carbonyl (C=O) groups excluding carboxylic acids is 4. The molecule has 0 bridgehead atoms. The summed E-state index contributed by atoms with van der Waals surface area (Å²) < 4.78 is 0. The summed E-state index contributed by atoms with van der Waals surface area (Å²) >= 11 is 1.39. The number of hydrogen-bond donors (Lipinski definition) is 7. The van der Waals surface area contributed by atoms with E-state index in [4.69, 9.17) is 11.5 Å². The van der Waals surface area contributed by atoms with E-state index in [0.717, 1.165) is 0 Å². The molecule has 0 heterocycles. The fourth-order valence-corrected chi connectivity index (χ4v) is 3.08. The Labute approximate surface area is 191 Å². The fourth-order valence-electron chi connectivity index (χ4n) is 2.60. The van der Waals surface area contributed by atoms with Gasteiger partial charge in [-0.1, -0.05) is 20.3 Å². The molecule has 0 aliphatic carbocycles. The van der Waals surface area contributed by atoms with Gasteiger partial charge in [0, 0.05) is 0 Å². The second kappa shape index (κ2) is 14.6. The average molecular weight is 478 g/mol. The summed E-state index contributed by atoms with van der Waals surface area (Å²) in [5.74, 6) is -4.48. The summed E-state index contributed by atoms with van der Waals surface area (Å²) in [6, 6.07) is -5.13. The van der Waals surface area contributed by atoms with Crippen LogP contribution in [-0.2, 0) is 24.0 Å². The molecule has 6 unspecified atom stereocenters. The molecule has 0 aliphatic heterocycles. The van der Waals surface area contributed by atoms with Gasteiger partial charge in [-0.05, 0) is 31.3 Å². The van der Waals surface area contributed by atoms with Crippen LogP contribution in [0.5, 0.6) is 0 Å². The number of carboxylic acids is 1. The van der Waals surface area contributed by atoms with Crippen molar-refractivity contribution in [2.45, 2.75) is 70.3 Å². The Morgan fingerprint density at radius 3 is 1.97 bits per heavy atom. The lowest BCUT2D eigenvalue weighted by Gasteiger charge is -2.27. The van der Waals surface area contributed by atoms with Gasteiger partial charge in [0.2, 0.25) is 23.6 Å². The molecule has 0 saturated heterocycles. The van der Waals surface area contributed by atoms with Gasteiger partial charge in [0.05, 0.1) is 18.6 Å². The second-order valence-corrected chi connectivity index (χ2v) is 8.54. The van der Waals surface area contributed by atoms with Crippen LogP contribution in [-0.4, -0.2) is 82.1 Å². The van der Waals surface area contributed by atoms with Gasteiger partial charge in [0.1, 0.15) is 18.1 Å². The van der Waals surface area contributed by atoms with Crippen molar-refractivity contribution in [2.24, 2.45) is 17.4 Å². The molecule has 9 N–H and O–H groups in total. The number of nitrogens with one attached hydrogen (secondary N) is 3. The van der Waals surface area contributed by atoms with E-state index in [9.17, 15) is 34.2 Å². The van der Waals surface area contributed by atoms with Crippen molar-refractivity contribution >= 4 is 41.4 Å². The Morgan fingerprint density at radius 1 is 0.969 bits per heavy atom. The smallest absolute Gasteiger partial charge is 0.326 e. The van der Waals surface area contributed by atoms with E-state index in [1.165, 1.54) is 18.7 Å². The van der Waals surface area contributed by atoms with E-state index in [2.05, 4.69) is 16.0 Å². The molecule has 12 nitrogen and oxygen atoms in total. The highest BCUT2D eigenvalue weighted by atomic mass is 32.2. The first-order valence-electron chi connectivity index (χ1n) is 10.2. The highest BCUT2D eigenvalue weighted by Crippen LogP contribution is 2.07. The van der Waals surface area contributed by atoms with Crippen LogP contribution in [0.4, 0.5) is 0 Å². The van der Waals surface area contributed by atoms with Gasteiger partial charge in [0.25, 0.3) is 0 Å². The number of carbonyl (C=O) groups is 5. The molecule has 4 amide bonds. The summed E-state index contributed by atoms with van der Waals surface area (Å²) in [6.07, 6.45) is 0.545. The summed E-state index contributed by atoms with van der Waals surface area (Å²) in [4.78, 5) is 60.4. The molecule has 0 aromatic heterocycles.